The van der Waals surface area contributed by atoms with E-state index in [4.69, 9.17) is 17.3 Å². The number of nitrogens with two attached hydrogens (primary N) is 1. The average Bonchev–Trinajstić information content (AvgIpc) is 2.35. The molecule has 0 spiro atoms. The first-order valence-corrected chi connectivity index (χ1v) is 6.01. The number of amides is 1. The maximum atomic E-state index is 12.1. The third-order valence-corrected chi connectivity index (χ3v) is 2.98. The number of benzene rings is 2. The van der Waals surface area contributed by atoms with E-state index in [1.54, 1.807) is 12.1 Å². The number of rotatable bonds is 2. The van der Waals surface area contributed by atoms with Crippen molar-refractivity contribution in [2.75, 3.05) is 11.1 Å². The molecule has 5 heteroatoms. The van der Waals surface area contributed by atoms with Gasteiger partial charge in [0.15, 0.2) is 0 Å². The molecule has 0 unspecified atom stereocenters. The summed E-state index contributed by atoms with van der Waals surface area (Å²) in [6.07, 6.45) is 0. The largest absolute Gasteiger partial charge is 0.508 e. The predicted octanol–water partition coefficient (Wildman–Crippen LogP) is 3.19. The number of phenolic OH excluding ortho intramolecular Hbond substituents is 1. The summed E-state index contributed by atoms with van der Waals surface area (Å²) >= 11 is 5.92. The van der Waals surface area contributed by atoms with E-state index in [1.165, 1.54) is 18.2 Å². The van der Waals surface area contributed by atoms with Crippen LogP contribution in [-0.2, 0) is 0 Å². The van der Waals surface area contributed by atoms with Crippen LogP contribution >= 0.6 is 11.6 Å². The summed E-state index contributed by atoms with van der Waals surface area (Å²) in [4.78, 5) is 12.1. The number of aromatic hydroxyl groups is 1. The number of halogens is 1. The summed E-state index contributed by atoms with van der Waals surface area (Å²) in [6.45, 7) is 1.91. The lowest BCUT2D eigenvalue weighted by Gasteiger charge is -2.10. The van der Waals surface area contributed by atoms with Gasteiger partial charge in [-0.05, 0) is 42.8 Å². The molecule has 98 valence electrons. The fourth-order valence-corrected chi connectivity index (χ4v) is 1.88. The summed E-state index contributed by atoms with van der Waals surface area (Å²) in [7, 11) is 0. The number of carbonyl (C=O) groups excluding carboxylic acids is 1. The Kier molecular flexibility index (Phi) is 3.62. The third kappa shape index (κ3) is 2.98. The Bertz CT molecular complexity index is 641. The van der Waals surface area contributed by atoms with Gasteiger partial charge in [0, 0.05) is 0 Å². The van der Waals surface area contributed by atoms with E-state index in [0.29, 0.717) is 11.4 Å². The Balaban J connectivity index is 2.28. The summed E-state index contributed by atoms with van der Waals surface area (Å²) in [5.74, 6) is -0.442. The zero-order valence-corrected chi connectivity index (χ0v) is 11.0. The average molecular weight is 277 g/mol. The highest BCUT2D eigenvalue weighted by atomic mass is 35.5. The van der Waals surface area contributed by atoms with Crippen LogP contribution in [0.25, 0.3) is 0 Å². The first kappa shape index (κ1) is 13.2. The van der Waals surface area contributed by atoms with Crippen LogP contribution < -0.4 is 11.1 Å². The maximum Gasteiger partial charge on any atom is 0.257 e. The third-order valence-electron chi connectivity index (χ3n) is 2.65. The van der Waals surface area contributed by atoms with Crippen molar-refractivity contribution in [3.05, 3.63) is 52.5 Å². The molecule has 0 aliphatic heterocycles. The van der Waals surface area contributed by atoms with Gasteiger partial charge in [-0.15, -0.1) is 0 Å². The minimum Gasteiger partial charge on any atom is -0.508 e. The summed E-state index contributed by atoms with van der Waals surface area (Å²) in [5.41, 5.74) is 8.01. The quantitative estimate of drug-likeness (QED) is 0.737. The van der Waals surface area contributed by atoms with Crippen molar-refractivity contribution in [2.45, 2.75) is 6.92 Å². The highest BCUT2D eigenvalue weighted by molar-refractivity contribution is 6.34. The van der Waals surface area contributed by atoms with E-state index >= 15 is 0 Å². The summed E-state index contributed by atoms with van der Waals surface area (Å²) in [6, 6.07) is 9.51. The van der Waals surface area contributed by atoms with Gasteiger partial charge in [0.2, 0.25) is 0 Å². The molecule has 1 amide bonds. The molecular weight excluding hydrogens is 264 g/mol. The number of carbonyl (C=O) groups is 1. The topological polar surface area (TPSA) is 75.3 Å². The van der Waals surface area contributed by atoms with E-state index in [1.807, 2.05) is 13.0 Å². The van der Waals surface area contributed by atoms with Crippen molar-refractivity contribution in [3.63, 3.8) is 0 Å². The lowest BCUT2D eigenvalue weighted by Crippen LogP contribution is -2.13. The van der Waals surface area contributed by atoms with Crippen LogP contribution in [0.15, 0.2) is 36.4 Å². The molecule has 2 aromatic rings. The van der Waals surface area contributed by atoms with Gasteiger partial charge in [-0.25, -0.2) is 0 Å². The van der Waals surface area contributed by atoms with Crippen molar-refractivity contribution in [2.24, 2.45) is 0 Å². The molecular formula is C14H13ClN2O2. The Morgan fingerprint density at radius 2 is 2.00 bits per heavy atom. The van der Waals surface area contributed by atoms with Gasteiger partial charge in [-0.2, -0.15) is 0 Å². The minimum absolute atomic E-state index is 0.0218. The molecule has 0 aliphatic rings. The van der Waals surface area contributed by atoms with E-state index in [-0.39, 0.29) is 16.3 Å². The van der Waals surface area contributed by atoms with Crippen molar-refractivity contribution < 1.29 is 9.90 Å². The van der Waals surface area contributed by atoms with Crippen LogP contribution in [0, 0.1) is 6.92 Å². The number of hydrogen-bond donors (Lipinski definition) is 3. The van der Waals surface area contributed by atoms with Crippen LogP contribution in [0.3, 0.4) is 0 Å². The van der Waals surface area contributed by atoms with Gasteiger partial charge >= 0.3 is 0 Å². The Labute approximate surface area is 115 Å². The van der Waals surface area contributed by atoms with E-state index < -0.39 is 5.91 Å². The number of nitrogens with one attached hydrogen (secondary N) is 1. The van der Waals surface area contributed by atoms with Crippen molar-refractivity contribution in [3.8, 4) is 5.75 Å². The van der Waals surface area contributed by atoms with Crippen LogP contribution in [0.4, 0.5) is 11.4 Å². The smallest absolute Gasteiger partial charge is 0.257 e. The van der Waals surface area contributed by atoms with Gasteiger partial charge in [-0.3, -0.25) is 4.79 Å². The standard InChI is InChI=1S/C14H13ClN2O2/c1-8-2-5-13(12(16)6-8)17-14(19)10-7-9(18)3-4-11(10)15/h2-7,18H,16H2,1H3,(H,17,19). The molecule has 0 bridgehead atoms. The molecule has 0 aliphatic carbocycles. The molecule has 0 aromatic heterocycles. The molecule has 4 nitrogen and oxygen atoms in total. The van der Waals surface area contributed by atoms with Crippen molar-refractivity contribution in [1.82, 2.24) is 0 Å². The van der Waals surface area contributed by atoms with Crippen LogP contribution in [0.1, 0.15) is 15.9 Å². The van der Waals surface area contributed by atoms with Gasteiger partial charge < -0.3 is 16.2 Å². The second-order valence-electron chi connectivity index (χ2n) is 4.21. The molecule has 4 N–H and O–H groups in total. The highest BCUT2D eigenvalue weighted by Gasteiger charge is 2.12. The molecule has 2 aromatic carbocycles. The Hall–Kier alpha value is -2.20. The fraction of sp³-hybridized carbons (Fsp3) is 0.0714. The Morgan fingerprint density at radius 3 is 2.68 bits per heavy atom. The number of anilines is 2. The second kappa shape index (κ2) is 5.20. The molecule has 0 heterocycles. The highest BCUT2D eigenvalue weighted by Crippen LogP contribution is 2.24. The number of phenols is 1. The maximum absolute atomic E-state index is 12.1. The van der Waals surface area contributed by atoms with E-state index in [0.717, 1.165) is 5.56 Å². The molecule has 19 heavy (non-hydrogen) atoms. The van der Waals surface area contributed by atoms with E-state index in [2.05, 4.69) is 5.32 Å². The second-order valence-corrected chi connectivity index (χ2v) is 4.62. The van der Waals surface area contributed by atoms with Crippen LogP contribution in [-0.4, -0.2) is 11.0 Å². The fourth-order valence-electron chi connectivity index (χ4n) is 1.67. The van der Waals surface area contributed by atoms with Crippen molar-refractivity contribution in [1.29, 1.82) is 0 Å². The number of aryl methyl sites for hydroxylation is 1. The van der Waals surface area contributed by atoms with Gasteiger partial charge in [0.25, 0.3) is 5.91 Å². The predicted molar refractivity (Wildman–Crippen MR) is 76.7 cm³/mol. The SMILES string of the molecule is Cc1ccc(NC(=O)c2cc(O)ccc2Cl)c(N)c1. The normalized spacial score (nSPS) is 10.2. The molecule has 0 fully saturated rings. The molecule has 0 saturated carbocycles. The van der Waals surface area contributed by atoms with Gasteiger partial charge in [0.1, 0.15) is 5.75 Å². The lowest BCUT2D eigenvalue weighted by molar-refractivity contribution is 0.102. The van der Waals surface area contributed by atoms with Crippen LogP contribution in [0.2, 0.25) is 5.02 Å². The van der Waals surface area contributed by atoms with Crippen LogP contribution in [0.5, 0.6) is 5.75 Å². The summed E-state index contributed by atoms with van der Waals surface area (Å²) in [5, 5.41) is 12.3. The van der Waals surface area contributed by atoms with Crippen molar-refractivity contribution >= 4 is 28.9 Å². The zero-order chi connectivity index (χ0) is 14.0. The molecule has 0 atom stereocenters. The Morgan fingerprint density at radius 1 is 1.26 bits per heavy atom. The minimum atomic E-state index is -0.420. The van der Waals surface area contributed by atoms with Gasteiger partial charge in [-0.1, -0.05) is 17.7 Å². The molecule has 2 rings (SSSR count). The number of nitrogen functional groups attached to an aromatic ring is 1. The first-order chi connectivity index (χ1) is 8.97. The van der Waals surface area contributed by atoms with E-state index in [9.17, 15) is 9.90 Å². The van der Waals surface area contributed by atoms with Gasteiger partial charge in [0.05, 0.1) is 22.0 Å². The molecule has 0 radical (unpaired) electrons. The monoisotopic (exact) mass is 276 g/mol. The number of hydrogen-bond acceptors (Lipinski definition) is 3. The first-order valence-electron chi connectivity index (χ1n) is 5.63. The summed E-state index contributed by atoms with van der Waals surface area (Å²) < 4.78 is 0. The molecule has 0 saturated heterocycles. The lowest BCUT2D eigenvalue weighted by atomic mass is 10.1. The zero-order valence-electron chi connectivity index (χ0n) is 10.3.